The summed E-state index contributed by atoms with van der Waals surface area (Å²) < 4.78 is 12.9. The Kier molecular flexibility index (Phi) is 7.27. The molecule has 0 spiro atoms. The Labute approximate surface area is 109 Å². The first kappa shape index (κ1) is 16.6. The van der Waals surface area contributed by atoms with Crippen molar-refractivity contribution in [1.82, 2.24) is 10.2 Å². The first-order valence-electron chi connectivity index (χ1n) is 6.03. The van der Waals surface area contributed by atoms with Crippen molar-refractivity contribution in [3.8, 4) is 0 Å². The molecule has 5 heteroatoms. The number of rotatable bonds is 7. The summed E-state index contributed by atoms with van der Waals surface area (Å²) >= 11 is 0. The van der Waals surface area contributed by atoms with Gasteiger partial charge in [0.1, 0.15) is 0 Å². The lowest BCUT2D eigenvalue weighted by atomic mass is 10.0. The highest BCUT2D eigenvalue weighted by Gasteiger charge is 2.20. The molecular formula is C13H24FN3O. The molecule has 0 fully saturated rings. The number of carbonyl (C=O) groups excluding carboxylic acids is 1. The number of hydrogen-bond acceptors (Lipinski definition) is 3. The monoisotopic (exact) mass is 257 g/mol. The van der Waals surface area contributed by atoms with Gasteiger partial charge >= 0.3 is 0 Å². The SMILES string of the molecule is C=C(/C=C\N(C(C)=O)C(C)CC(C)C(N)F)NC. The molecular weight excluding hydrogens is 233 g/mol. The molecule has 0 saturated heterocycles. The molecule has 0 bridgehead atoms. The highest BCUT2D eigenvalue weighted by Crippen LogP contribution is 2.15. The van der Waals surface area contributed by atoms with Crippen molar-refractivity contribution < 1.29 is 9.18 Å². The maximum Gasteiger partial charge on any atom is 0.223 e. The van der Waals surface area contributed by atoms with Gasteiger partial charge < -0.3 is 16.0 Å². The summed E-state index contributed by atoms with van der Waals surface area (Å²) in [6.07, 6.45) is 2.51. The van der Waals surface area contributed by atoms with Gasteiger partial charge in [0.2, 0.25) is 5.91 Å². The van der Waals surface area contributed by atoms with Crippen LogP contribution in [-0.2, 0) is 4.79 Å². The molecule has 0 rings (SSSR count). The molecule has 3 unspecified atom stereocenters. The number of carbonyl (C=O) groups is 1. The Morgan fingerprint density at radius 2 is 2.11 bits per heavy atom. The lowest BCUT2D eigenvalue weighted by Gasteiger charge is -2.27. The van der Waals surface area contributed by atoms with Crippen molar-refractivity contribution in [2.75, 3.05) is 7.05 Å². The number of hydrogen-bond donors (Lipinski definition) is 2. The topological polar surface area (TPSA) is 58.4 Å². The van der Waals surface area contributed by atoms with Crippen LogP contribution in [0, 0.1) is 5.92 Å². The zero-order valence-corrected chi connectivity index (χ0v) is 11.6. The van der Waals surface area contributed by atoms with E-state index in [9.17, 15) is 9.18 Å². The third kappa shape index (κ3) is 5.82. The van der Waals surface area contributed by atoms with Crippen molar-refractivity contribution in [2.45, 2.75) is 39.5 Å². The minimum absolute atomic E-state index is 0.0951. The van der Waals surface area contributed by atoms with E-state index >= 15 is 0 Å². The molecule has 0 aromatic rings. The van der Waals surface area contributed by atoms with Crippen LogP contribution < -0.4 is 11.1 Å². The van der Waals surface area contributed by atoms with Crippen LogP contribution in [0.1, 0.15) is 27.2 Å². The molecule has 0 heterocycles. The van der Waals surface area contributed by atoms with Crippen LogP contribution in [0.3, 0.4) is 0 Å². The van der Waals surface area contributed by atoms with E-state index in [1.54, 1.807) is 31.1 Å². The third-order valence-electron chi connectivity index (χ3n) is 2.85. The number of halogens is 1. The van der Waals surface area contributed by atoms with Crippen molar-refractivity contribution in [1.29, 1.82) is 0 Å². The average molecular weight is 257 g/mol. The Balaban J connectivity index is 4.65. The highest BCUT2D eigenvalue weighted by molar-refractivity contribution is 5.74. The van der Waals surface area contributed by atoms with Gasteiger partial charge in [0.15, 0.2) is 6.30 Å². The van der Waals surface area contributed by atoms with Crippen LogP contribution in [-0.4, -0.2) is 30.2 Å². The second-order valence-electron chi connectivity index (χ2n) is 4.52. The maximum atomic E-state index is 12.9. The minimum atomic E-state index is -1.36. The van der Waals surface area contributed by atoms with Gasteiger partial charge in [0.25, 0.3) is 0 Å². The number of likely N-dealkylation sites (N-methyl/N-ethyl adjacent to an activating group) is 1. The molecule has 1 amide bonds. The normalized spacial score (nSPS) is 16.1. The Morgan fingerprint density at radius 1 is 1.56 bits per heavy atom. The second-order valence-corrected chi connectivity index (χ2v) is 4.52. The Hall–Kier alpha value is -1.36. The largest absolute Gasteiger partial charge is 0.389 e. The molecule has 0 saturated carbocycles. The van der Waals surface area contributed by atoms with Gasteiger partial charge in [-0.2, -0.15) is 0 Å². The molecule has 3 atom stereocenters. The van der Waals surface area contributed by atoms with Gasteiger partial charge in [0, 0.05) is 37.8 Å². The Morgan fingerprint density at radius 3 is 2.50 bits per heavy atom. The number of alkyl halides is 1. The number of nitrogens with two attached hydrogens (primary N) is 1. The molecule has 18 heavy (non-hydrogen) atoms. The molecule has 0 radical (unpaired) electrons. The smallest absolute Gasteiger partial charge is 0.223 e. The van der Waals surface area contributed by atoms with E-state index in [0.29, 0.717) is 12.1 Å². The predicted octanol–water partition coefficient (Wildman–Crippen LogP) is 1.75. The van der Waals surface area contributed by atoms with Crippen LogP contribution >= 0.6 is 0 Å². The lowest BCUT2D eigenvalue weighted by molar-refractivity contribution is -0.128. The summed E-state index contributed by atoms with van der Waals surface area (Å²) in [6.45, 7) is 8.81. The summed E-state index contributed by atoms with van der Waals surface area (Å²) in [5.74, 6) is -0.384. The third-order valence-corrected chi connectivity index (χ3v) is 2.85. The van der Waals surface area contributed by atoms with E-state index in [0.717, 1.165) is 0 Å². The van der Waals surface area contributed by atoms with E-state index in [1.165, 1.54) is 6.92 Å². The van der Waals surface area contributed by atoms with E-state index in [2.05, 4.69) is 11.9 Å². The van der Waals surface area contributed by atoms with E-state index in [-0.39, 0.29) is 17.9 Å². The number of allylic oxidation sites excluding steroid dienone is 1. The van der Waals surface area contributed by atoms with Crippen LogP contribution in [0.15, 0.2) is 24.6 Å². The fourth-order valence-corrected chi connectivity index (χ4v) is 1.60. The Bertz CT molecular complexity index is 315. The molecule has 0 aliphatic carbocycles. The van der Waals surface area contributed by atoms with Crippen LogP contribution in [0.25, 0.3) is 0 Å². The summed E-state index contributed by atoms with van der Waals surface area (Å²) in [4.78, 5) is 13.1. The van der Waals surface area contributed by atoms with Gasteiger partial charge in [0.05, 0.1) is 0 Å². The summed E-state index contributed by atoms with van der Waals surface area (Å²) in [5, 5.41) is 2.86. The fourth-order valence-electron chi connectivity index (χ4n) is 1.60. The van der Waals surface area contributed by atoms with Crippen molar-refractivity contribution >= 4 is 5.91 Å². The van der Waals surface area contributed by atoms with Crippen LogP contribution in [0.2, 0.25) is 0 Å². The van der Waals surface area contributed by atoms with Crippen molar-refractivity contribution in [2.24, 2.45) is 11.7 Å². The zero-order valence-electron chi connectivity index (χ0n) is 11.6. The molecule has 3 N–H and O–H groups in total. The highest BCUT2D eigenvalue weighted by atomic mass is 19.1. The molecule has 0 aromatic heterocycles. The lowest BCUT2D eigenvalue weighted by Crippen LogP contribution is -2.36. The fraction of sp³-hybridized carbons (Fsp3) is 0.615. The van der Waals surface area contributed by atoms with E-state index in [1.807, 2.05) is 6.92 Å². The average Bonchev–Trinajstić information content (AvgIpc) is 2.27. The standard InChI is InChI=1S/C13H24FN3O/c1-9(13(14)15)8-11(3)17(12(4)18)7-6-10(2)16-5/h6-7,9,11,13,16H,2,8,15H2,1,3-5H3/b7-6-. The second kappa shape index (κ2) is 7.87. The molecule has 0 aliphatic rings. The predicted molar refractivity (Wildman–Crippen MR) is 72.2 cm³/mol. The first-order chi connectivity index (χ1) is 8.29. The number of nitrogens with one attached hydrogen (secondary N) is 1. The van der Waals surface area contributed by atoms with Gasteiger partial charge in [-0.15, -0.1) is 0 Å². The van der Waals surface area contributed by atoms with E-state index < -0.39 is 6.30 Å². The quantitative estimate of drug-likeness (QED) is 0.539. The number of nitrogens with zero attached hydrogens (tertiary/aromatic N) is 1. The molecule has 0 aliphatic heterocycles. The molecule has 0 aromatic carbocycles. The van der Waals surface area contributed by atoms with Crippen molar-refractivity contribution in [3.63, 3.8) is 0 Å². The summed E-state index contributed by atoms with van der Waals surface area (Å²) in [5.41, 5.74) is 5.89. The van der Waals surface area contributed by atoms with Crippen LogP contribution in [0.5, 0.6) is 0 Å². The van der Waals surface area contributed by atoms with Gasteiger partial charge in [-0.3, -0.25) is 4.79 Å². The van der Waals surface area contributed by atoms with Gasteiger partial charge in [-0.25, -0.2) is 4.39 Å². The minimum Gasteiger partial charge on any atom is -0.389 e. The van der Waals surface area contributed by atoms with Gasteiger partial charge in [-0.05, 0) is 19.4 Å². The number of amides is 1. The molecule has 104 valence electrons. The van der Waals surface area contributed by atoms with Crippen molar-refractivity contribution in [3.05, 3.63) is 24.6 Å². The van der Waals surface area contributed by atoms with Crippen LogP contribution in [0.4, 0.5) is 4.39 Å². The zero-order chi connectivity index (χ0) is 14.3. The first-order valence-corrected chi connectivity index (χ1v) is 6.03. The molecule has 4 nitrogen and oxygen atoms in total. The summed E-state index contributed by atoms with van der Waals surface area (Å²) in [6, 6.07) is -0.111. The van der Waals surface area contributed by atoms with E-state index in [4.69, 9.17) is 5.73 Å². The van der Waals surface area contributed by atoms with Gasteiger partial charge in [-0.1, -0.05) is 13.5 Å². The summed E-state index contributed by atoms with van der Waals surface area (Å²) in [7, 11) is 1.75. The maximum absolute atomic E-state index is 12.9.